The first kappa shape index (κ1) is 20.9. The van der Waals surface area contributed by atoms with Gasteiger partial charge >= 0.3 is 6.18 Å². The van der Waals surface area contributed by atoms with Gasteiger partial charge < -0.3 is 14.7 Å². The van der Waals surface area contributed by atoms with Gasteiger partial charge in [0.05, 0.1) is 16.9 Å². The Bertz CT molecular complexity index is 937. The van der Waals surface area contributed by atoms with E-state index in [0.29, 0.717) is 18.1 Å². The summed E-state index contributed by atoms with van der Waals surface area (Å²) >= 11 is 0. The fourth-order valence-corrected chi connectivity index (χ4v) is 4.21. The highest BCUT2D eigenvalue weighted by Crippen LogP contribution is 2.43. The van der Waals surface area contributed by atoms with Gasteiger partial charge in [0, 0.05) is 44.4 Å². The lowest BCUT2D eigenvalue weighted by Gasteiger charge is -2.42. The maximum atomic E-state index is 14.4. The van der Waals surface area contributed by atoms with Crippen LogP contribution in [0.25, 0.3) is 5.70 Å². The van der Waals surface area contributed by atoms with Crippen molar-refractivity contribution in [3.63, 3.8) is 0 Å². The first-order chi connectivity index (χ1) is 14.1. The number of hydrogen-bond acceptors (Lipinski definition) is 4. The van der Waals surface area contributed by atoms with Crippen LogP contribution in [0.5, 0.6) is 0 Å². The van der Waals surface area contributed by atoms with E-state index < -0.39 is 17.6 Å². The highest BCUT2D eigenvalue weighted by molar-refractivity contribution is 5.98. The zero-order chi connectivity index (χ0) is 21.6. The molecular formula is C22H26F4N4. The van der Waals surface area contributed by atoms with Gasteiger partial charge in [-0.2, -0.15) is 13.2 Å². The number of nitrogens with zero attached hydrogens (tertiary/aromatic N) is 4. The minimum Gasteiger partial charge on any atom is -0.340 e. The molecule has 3 aliphatic heterocycles. The van der Waals surface area contributed by atoms with Crippen LogP contribution >= 0.6 is 0 Å². The Morgan fingerprint density at radius 3 is 2.37 bits per heavy atom. The summed E-state index contributed by atoms with van der Waals surface area (Å²) < 4.78 is 54.6. The Morgan fingerprint density at radius 2 is 1.70 bits per heavy atom. The van der Waals surface area contributed by atoms with Crippen LogP contribution in [-0.4, -0.2) is 60.4 Å². The zero-order valence-corrected chi connectivity index (χ0v) is 17.5. The maximum Gasteiger partial charge on any atom is 0.419 e. The highest BCUT2D eigenvalue weighted by Gasteiger charge is 2.38. The molecule has 0 bridgehead atoms. The molecule has 1 aromatic rings. The van der Waals surface area contributed by atoms with Crippen LogP contribution in [0.1, 0.15) is 37.8 Å². The molecule has 0 saturated carbocycles. The summed E-state index contributed by atoms with van der Waals surface area (Å²) in [4.78, 5) is 11.1. The average Bonchev–Trinajstić information content (AvgIpc) is 2.67. The van der Waals surface area contributed by atoms with E-state index in [2.05, 4.69) is 34.8 Å². The van der Waals surface area contributed by atoms with Crippen molar-refractivity contribution in [2.24, 2.45) is 4.99 Å². The Morgan fingerprint density at radius 1 is 1.00 bits per heavy atom. The quantitative estimate of drug-likeness (QED) is 0.440. The summed E-state index contributed by atoms with van der Waals surface area (Å²) in [5.41, 5.74) is 2.34. The summed E-state index contributed by atoms with van der Waals surface area (Å²) in [5.74, 6) is -0.592. The van der Waals surface area contributed by atoms with Crippen LogP contribution in [0.3, 0.4) is 0 Å². The van der Waals surface area contributed by atoms with Crippen molar-refractivity contribution < 1.29 is 17.6 Å². The third kappa shape index (κ3) is 3.85. The fraction of sp³-hybridized carbons (Fsp3) is 0.500. The molecule has 162 valence electrons. The van der Waals surface area contributed by atoms with Gasteiger partial charge in [0.1, 0.15) is 5.82 Å². The van der Waals surface area contributed by atoms with Crippen LogP contribution in [0.4, 0.5) is 23.2 Å². The van der Waals surface area contributed by atoms with Crippen molar-refractivity contribution in [1.82, 2.24) is 14.7 Å². The number of allylic oxidation sites excluding steroid dienone is 2. The van der Waals surface area contributed by atoms with Gasteiger partial charge in [0.25, 0.3) is 0 Å². The van der Waals surface area contributed by atoms with Crippen molar-refractivity contribution >= 4 is 17.3 Å². The SMILES string of the molecule is CC1=CCN2C(N3CCN(C)CC3)=Nc3cc(F)c(C(F)(F)F)cc3C2=C(C)CC1. The number of piperazine rings is 1. The summed E-state index contributed by atoms with van der Waals surface area (Å²) in [6, 6.07) is 1.87. The summed E-state index contributed by atoms with van der Waals surface area (Å²) in [7, 11) is 2.06. The number of benzene rings is 1. The summed E-state index contributed by atoms with van der Waals surface area (Å²) in [5, 5.41) is 0. The van der Waals surface area contributed by atoms with Crippen LogP contribution in [0.15, 0.2) is 34.3 Å². The molecule has 30 heavy (non-hydrogen) atoms. The van der Waals surface area contributed by atoms with Crippen LogP contribution in [-0.2, 0) is 6.18 Å². The van der Waals surface area contributed by atoms with E-state index >= 15 is 0 Å². The fourth-order valence-electron chi connectivity index (χ4n) is 4.21. The smallest absolute Gasteiger partial charge is 0.340 e. The number of halogens is 4. The number of fused-ring (bicyclic) bond motifs is 3. The lowest BCUT2D eigenvalue weighted by molar-refractivity contribution is -0.140. The minimum absolute atomic E-state index is 0.265. The zero-order valence-electron chi connectivity index (χ0n) is 17.5. The van der Waals surface area contributed by atoms with Crippen molar-refractivity contribution in [3.05, 3.63) is 46.3 Å². The standard InChI is InChI=1S/C22H26F4N4/c1-14-4-5-15(2)20-16-12-17(22(24,25)26)18(23)13-19(16)27-21(30(20)7-6-14)29-10-8-28(3)9-11-29/h6,12-13H,4-5,7-11H2,1-3H3. The number of likely N-dealkylation sites (N-methyl/N-ethyl adjacent to an activating group) is 1. The molecule has 3 heterocycles. The maximum absolute atomic E-state index is 14.4. The van der Waals surface area contributed by atoms with E-state index in [1.165, 1.54) is 5.57 Å². The Balaban J connectivity index is 1.89. The predicted molar refractivity (Wildman–Crippen MR) is 110 cm³/mol. The lowest BCUT2D eigenvalue weighted by atomic mass is 9.94. The largest absolute Gasteiger partial charge is 0.419 e. The van der Waals surface area contributed by atoms with Gasteiger partial charge in [-0.05, 0) is 45.4 Å². The second-order valence-electron chi connectivity index (χ2n) is 8.34. The Hall–Kier alpha value is -2.35. The molecule has 3 aliphatic rings. The van der Waals surface area contributed by atoms with Crippen LogP contribution in [0.2, 0.25) is 0 Å². The van der Waals surface area contributed by atoms with Crippen molar-refractivity contribution in [2.75, 3.05) is 39.8 Å². The molecule has 0 atom stereocenters. The van der Waals surface area contributed by atoms with Crippen molar-refractivity contribution in [1.29, 1.82) is 0 Å². The van der Waals surface area contributed by atoms with Gasteiger partial charge in [-0.3, -0.25) is 0 Å². The Labute approximate surface area is 174 Å². The third-order valence-corrected chi connectivity index (χ3v) is 6.08. The number of hydrogen-bond donors (Lipinski definition) is 0. The minimum atomic E-state index is -4.75. The van der Waals surface area contributed by atoms with E-state index in [1.807, 2.05) is 11.8 Å². The molecule has 0 aliphatic carbocycles. The van der Waals surface area contributed by atoms with Crippen LogP contribution in [0, 0.1) is 5.82 Å². The van der Waals surface area contributed by atoms with E-state index in [9.17, 15) is 17.6 Å². The van der Waals surface area contributed by atoms with E-state index in [-0.39, 0.29) is 5.69 Å². The number of guanidine groups is 1. The van der Waals surface area contributed by atoms with E-state index in [4.69, 9.17) is 0 Å². The lowest BCUT2D eigenvalue weighted by Crippen LogP contribution is -2.53. The molecule has 1 fully saturated rings. The molecule has 0 spiro atoms. The van der Waals surface area contributed by atoms with Gasteiger partial charge in [0.15, 0.2) is 0 Å². The number of rotatable bonds is 0. The van der Waals surface area contributed by atoms with Crippen molar-refractivity contribution in [2.45, 2.75) is 32.9 Å². The van der Waals surface area contributed by atoms with E-state index in [0.717, 1.165) is 62.4 Å². The first-order valence-corrected chi connectivity index (χ1v) is 10.2. The van der Waals surface area contributed by atoms with Crippen molar-refractivity contribution in [3.8, 4) is 0 Å². The molecular weight excluding hydrogens is 396 g/mol. The monoisotopic (exact) mass is 422 g/mol. The molecule has 0 amide bonds. The molecule has 0 radical (unpaired) electrons. The molecule has 0 unspecified atom stereocenters. The van der Waals surface area contributed by atoms with Gasteiger partial charge in [0.2, 0.25) is 5.96 Å². The normalized spacial score (nSPS) is 20.9. The molecule has 4 rings (SSSR count). The number of alkyl halides is 3. The molecule has 8 heteroatoms. The molecule has 4 nitrogen and oxygen atoms in total. The van der Waals surface area contributed by atoms with E-state index in [1.54, 1.807) is 0 Å². The first-order valence-electron chi connectivity index (χ1n) is 10.2. The van der Waals surface area contributed by atoms with Crippen LogP contribution < -0.4 is 0 Å². The Kier molecular flexibility index (Phi) is 5.38. The summed E-state index contributed by atoms with van der Waals surface area (Å²) in [6.45, 7) is 7.82. The topological polar surface area (TPSA) is 22.1 Å². The molecule has 1 saturated heterocycles. The number of aliphatic imine (C=N–C) groups is 1. The second kappa shape index (κ2) is 7.72. The van der Waals surface area contributed by atoms with Gasteiger partial charge in [-0.15, -0.1) is 0 Å². The second-order valence-corrected chi connectivity index (χ2v) is 8.34. The van der Waals surface area contributed by atoms with Gasteiger partial charge in [-0.25, -0.2) is 9.38 Å². The van der Waals surface area contributed by atoms with Gasteiger partial charge in [-0.1, -0.05) is 11.6 Å². The predicted octanol–water partition coefficient (Wildman–Crippen LogP) is 4.87. The molecule has 1 aromatic carbocycles. The molecule has 0 aromatic heterocycles. The average molecular weight is 422 g/mol. The third-order valence-electron chi connectivity index (χ3n) is 6.08. The molecule has 0 N–H and O–H groups in total. The summed E-state index contributed by atoms with van der Waals surface area (Å²) in [6.07, 6.45) is -1.05. The highest BCUT2D eigenvalue weighted by atomic mass is 19.4.